The number of carbonyl (C=O) groups excluding carboxylic acids is 1. The number of esters is 1. The van der Waals surface area contributed by atoms with Gasteiger partial charge in [0, 0.05) is 0 Å². The molecular formula is C30H56O2. The van der Waals surface area contributed by atoms with Crippen molar-refractivity contribution < 1.29 is 9.53 Å². The quantitative estimate of drug-likeness (QED) is 0.277. The second kappa shape index (κ2) is 15.5. The Bertz CT molecular complexity index is 601. The predicted molar refractivity (Wildman–Crippen MR) is 144 cm³/mol. The van der Waals surface area contributed by atoms with Crippen LogP contribution in [0.4, 0.5) is 0 Å². The van der Waals surface area contributed by atoms with Crippen LogP contribution < -0.4 is 4.74 Å². The van der Waals surface area contributed by atoms with E-state index < -0.39 is 5.41 Å². The number of benzene rings is 1. The van der Waals surface area contributed by atoms with Gasteiger partial charge in [-0.05, 0) is 60.6 Å². The Morgan fingerprint density at radius 1 is 0.812 bits per heavy atom. The highest BCUT2D eigenvalue weighted by molar-refractivity contribution is 5.79. The summed E-state index contributed by atoms with van der Waals surface area (Å²) in [6, 6.07) is 8.25. The molecular weight excluding hydrogens is 392 g/mol. The van der Waals surface area contributed by atoms with E-state index in [2.05, 4.69) is 74.4 Å². The Labute approximate surface area is 201 Å². The molecule has 0 aromatic heterocycles. The van der Waals surface area contributed by atoms with Crippen LogP contribution in [0.15, 0.2) is 24.3 Å². The maximum atomic E-state index is 13.2. The van der Waals surface area contributed by atoms with Crippen LogP contribution in [0.2, 0.25) is 0 Å². The van der Waals surface area contributed by atoms with Crippen molar-refractivity contribution in [2.45, 2.75) is 134 Å². The first-order valence-electron chi connectivity index (χ1n) is 13.2. The van der Waals surface area contributed by atoms with E-state index in [1.54, 1.807) is 0 Å². The average molecular weight is 449 g/mol. The largest absolute Gasteiger partial charge is 0.426 e. The highest BCUT2D eigenvalue weighted by atomic mass is 16.5. The van der Waals surface area contributed by atoms with Crippen LogP contribution in [-0.4, -0.2) is 5.97 Å². The minimum absolute atomic E-state index is 0.0531. The predicted octanol–water partition coefficient (Wildman–Crippen LogP) is 10.2. The standard InChI is InChI=1S/C26H44O2.2C2H6/c1-10-12-14-20(13-11-2)21-15-17-22(18-16-21)28-23(27)26(9,25(6,7)8)19-24(3,4)5;2*1-2/h15-18,20H,10-14,19H2,1-9H3;2*1-2H3. The summed E-state index contributed by atoms with van der Waals surface area (Å²) in [5, 5.41) is 0. The summed E-state index contributed by atoms with van der Waals surface area (Å²) in [5.41, 5.74) is 0.695. The zero-order valence-corrected chi connectivity index (χ0v) is 23.9. The topological polar surface area (TPSA) is 26.3 Å². The van der Waals surface area contributed by atoms with Crippen LogP contribution in [0.5, 0.6) is 5.75 Å². The SMILES string of the molecule is CC.CC.CCCCC(CCC)c1ccc(OC(=O)C(C)(CC(C)(C)C)C(C)(C)C)cc1. The summed E-state index contributed by atoms with van der Waals surface area (Å²) in [6.45, 7) is 27.5. The lowest BCUT2D eigenvalue weighted by molar-refractivity contribution is -0.154. The Balaban J connectivity index is 0. The van der Waals surface area contributed by atoms with Gasteiger partial charge >= 0.3 is 5.97 Å². The summed E-state index contributed by atoms with van der Waals surface area (Å²) in [4.78, 5) is 13.2. The van der Waals surface area contributed by atoms with Crippen LogP contribution in [0.3, 0.4) is 0 Å². The molecule has 32 heavy (non-hydrogen) atoms. The molecule has 0 aliphatic rings. The van der Waals surface area contributed by atoms with E-state index >= 15 is 0 Å². The Hall–Kier alpha value is -1.31. The first-order chi connectivity index (χ1) is 14.8. The second-order valence-electron chi connectivity index (χ2n) is 10.9. The third-order valence-corrected chi connectivity index (χ3v) is 6.10. The Morgan fingerprint density at radius 2 is 1.31 bits per heavy atom. The van der Waals surface area contributed by atoms with E-state index in [0.29, 0.717) is 11.7 Å². The van der Waals surface area contributed by atoms with Gasteiger partial charge in [0.1, 0.15) is 5.75 Å². The fourth-order valence-corrected chi connectivity index (χ4v) is 4.01. The van der Waals surface area contributed by atoms with E-state index in [4.69, 9.17) is 4.74 Å². The molecule has 2 unspecified atom stereocenters. The van der Waals surface area contributed by atoms with Gasteiger partial charge in [-0.15, -0.1) is 0 Å². The van der Waals surface area contributed by atoms with Gasteiger partial charge < -0.3 is 4.74 Å². The molecule has 0 amide bonds. The third kappa shape index (κ3) is 11.0. The summed E-state index contributed by atoms with van der Waals surface area (Å²) < 4.78 is 5.89. The van der Waals surface area contributed by atoms with Gasteiger partial charge in [-0.2, -0.15) is 0 Å². The van der Waals surface area contributed by atoms with Crippen LogP contribution in [-0.2, 0) is 4.79 Å². The van der Waals surface area contributed by atoms with Gasteiger partial charge in [-0.1, -0.05) is 114 Å². The first-order valence-corrected chi connectivity index (χ1v) is 13.2. The second-order valence-corrected chi connectivity index (χ2v) is 10.9. The maximum absolute atomic E-state index is 13.2. The Morgan fingerprint density at radius 3 is 1.69 bits per heavy atom. The number of hydrogen-bond donors (Lipinski definition) is 0. The molecule has 2 heteroatoms. The van der Waals surface area contributed by atoms with Gasteiger partial charge in [0.15, 0.2) is 0 Å². The summed E-state index contributed by atoms with van der Waals surface area (Å²) in [6.07, 6.45) is 6.93. The monoisotopic (exact) mass is 448 g/mol. The normalized spacial score (nSPS) is 14.2. The molecule has 0 fully saturated rings. The highest BCUT2D eigenvalue weighted by Gasteiger charge is 2.47. The molecule has 2 nitrogen and oxygen atoms in total. The number of hydrogen-bond acceptors (Lipinski definition) is 2. The first kappa shape index (κ1) is 32.9. The molecule has 0 bridgehead atoms. The zero-order valence-electron chi connectivity index (χ0n) is 23.9. The van der Waals surface area contributed by atoms with Gasteiger partial charge in [-0.25, -0.2) is 0 Å². The van der Waals surface area contributed by atoms with Crippen LogP contribution in [0.1, 0.15) is 140 Å². The molecule has 2 atom stereocenters. The third-order valence-electron chi connectivity index (χ3n) is 6.10. The van der Waals surface area contributed by atoms with Crippen molar-refractivity contribution in [1.29, 1.82) is 0 Å². The molecule has 0 saturated carbocycles. The average Bonchev–Trinajstić information content (AvgIpc) is 2.72. The van der Waals surface area contributed by atoms with Gasteiger partial charge in [0.05, 0.1) is 5.41 Å². The molecule has 1 aromatic carbocycles. The van der Waals surface area contributed by atoms with Gasteiger partial charge in [-0.3, -0.25) is 4.79 Å². The number of unbranched alkanes of at least 4 members (excludes halogenated alkanes) is 1. The van der Waals surface area contributed by atoms with Crippen molar-refractivity contribution in [3.8, 4) is 5.75 Å². The molecule has 0 aliphatic carbocycles. The van der Waals surface area contributed by atoms with E-state index in [0.717, 1.165) is 6.42 Å². The Kier molecular flexibility index (Phi) is 15.9. The van der Waals surface area contributed by atoms with Crippen molar-refractivity contribution in [3.05, 3.63) is 29.8 Å². The molecule has 0 saturated heterocycles. The molecule has 0 heterocycles. The molecule has 1 aromatic rings. The molecule has 0 radical (unpaired) electrons. The maximum Gasteiger partial charge on any atom is 0.317 e. The number of ether oxygens (including phenoxy) is 1. The summed E-state index contributed by atoms with van der Waals surface area (Å²) in [7, 11) is 0. The molecule has 188 valence electrons. The lowest BCUT2D eigenvalue weighted by Gasteiger charge is -2.43. The van der Waals surface area contributed by atoms with Crippen molar-refractivity contribution in [3.63, 3.8) is 0 Å². The van der Waals surface area contributed by atoms with Crippen molar-refractivity contribution in [2.75, 3.05) is 0 Å². The fourth-order valence-electron chi connectivity index (χ4n) is 4.01. The number of rotatable bonds is 9. The minimum Gasteiger partial charge on any atom is -0.426 e. The highest BCUT2D eigenvalue weighted by Crippen LogP contribution is 2.47. The molecule has 0 spiro atoms. The van der Waals surface area contributed by atoms with Crippen LogP contribution in [0, 0.1) is 16.2 Å². The van der Waals surface area contributed by atoms with Crippen molar-refractivity contribution >= 4 is 5.97 Å². The van der Waals surface area contributed by atoms with E-state index in [1.165, 1.54) is 37.7 Å². The van der Waals surface area contributed by atoms with E-state index in [9.17, 15) is 4.79 Å². The number of carbonyl (C=O) groups is 1. The van der Waals surface area contributed by atoms with Gasteiger partial charge in [0.25, 0.3) is 0 Å². The van der Waals surface area contributed by atoms with Crippen molar-refractivity contribution in [1.82, 2.24) is 0 Å². The van der Waals surface area contributed by atoms with Crippen LogP contribution >= 0.6 is 0 Å². The minimum atomic E-state index is -0.546. The molecule has 0 N–H and O–H groups in total. The van der Waals surface area contributed by atoms with E-state index in [1.807, 2.05) is 39.8 Å². The van der Waals surface area contributed by atoms with Gasteiger partial charge in [0.2, 0.25) is 0 Å². The van der Waals surface area contributed by atoms with Crippen molar-refractivity contribution in [2.24, 2.45) is 16.2 Å². The fraction of sp³-hybridized carbons (Fsp3) is 0.767. The lowest BCUT2D eigenvalue weighted by atomic mass is 9.61. The molecule has 1 rings (SSSR count). The smallest absolute Gasteiger partial charge is 0.317 e. The zero-order chi connectivity index (χ0) is 25.6. The van der Waals surface area contributed by atoms with Crippen LogP contribution in [0.25, 0.3) is 0 Å². The summed E-state index contributed by atoms with van der Waals surface area (Å²) >= 11 is 0. The van der Waals surface area contributed by atoms with E-state index in [-0.39, 0.29) is 16.8 Å². The molecule has 0 aliphatic heterocycles. The summed E-state index contributed by atoms with van der Waals surface area (Å²) in [5.74, 6) is 1.14. The lowest BCUT2D eigenvalue weighted by Crippen LogP contribution is -2.45.